The standard InChI is InChI=1S/C27H32F3N3O2/c1-4-17(13-31)25-16(2)14-32-23(25)12-24(35-3)18-7-5-8-19(11-18)33-15-21-20(26(33)34)9-6-10-22(21)27(28,29)30/h5-11,16-17,24-25H,4,12-15,31H2,1-3H3. The van der Waals surface area contributed by atoms with E-state index in [-0.39, 0.29) is 23.8 Å². The molecule has 2 aromatic carbocycles. The molecule has 4 unspecified atom stereocenters. The van der Waals surface area contributed by atoms with Crippen LogP contribution in [-0.4, -0.2) is 31.8 Å². The molecule has 2 aromatic rings. The van der Waals surface area contributed by atoms with Gasteiger partial charge in [-0.1, -0.05) is 38.5 Å². The first-order chi connectivity index (χ1) is 16.7. The number of halogens is 3. The SMILES string of the molecule is CCC(CN)C1C(CC(OC)c2cccc(N3Cc4c(cccc4C(F)(F)F)C3=O)c2)=NCC1C. The Balaban J connectivity index is 1.59. The van der Waals surface area contributed by atoms with Gasteiger partial charge in [-0.05, 0) is 53.8 Å². The Morgan fingerprint density at radius 1 is 1.23 bits per heavy atom. The van der Waals surface area contributed by atoms with Gasteiger partial charge in [0, 0.05) is 43.0 Å². The van der Waals surface area contributed by atoms with Crippen LogP contribution in [0.2, 0.25) is 0 Å². The van der Waals surface area contributed by atoms with Crippen LogP contribution in [0.15, 0.2) is 47.5 Å². The predicted molar refractivity (Wildman–Crippen MR) is 131 cm³/mol. The number of carbonyl (C=O) groups excluding carboxylic acids is 1. The summed E-state index contributed by atoms with van der Waals surface area (Å²) in [4.78, 5) is 19.2. The van der Waals surface area contributed by atoms with Gasteiger partial charge in [-0.3, -0.25) is 9.79 Å². The van der Waals surface area contributed by atoms with Crippen molar-refractivity contribution in [3.63, 3.8) is 0 Å². The number of hydrogen-bond donors (Lipinski definition) is 1. The molecule has 35 heavy (non-hydrogen) atoms. The normalized spacial score (nSPS) is 21.7. The highest BCUT2D eigenvalue weighted by Gasteiger charge is 2.40. The number of fused-ring (bicyclic) bond motifs is 1. The van der Waals surface area contributed by atoms with Crippen LogP contribution in [0.3, 0.4) is 0 Å². The molecule has 0 fully saturated rings. The van der Waals surface area contributed by atoms with Gasteiger partial charge in [0.2, 0.25) is 0 Å². The summed E-state index contributed by atoms with van der Waals surface area (Å²) in [7, 11) is 1.64. The summed E-state index contributed by atoms with van der Waals surface area (Å²) >= 11 is 0. The van der Waals surface area contributed by atoms with Crippen LogP contribution < -0.4 is 10.6 Å². The molecule has 4 atom stereocenters. The number of rotatable bonds is 8. The third kappa shape index (κ3) is 4.86. The fourth-order valence-corrected chi connectivity index (χ4v) is 5.54. The molecule has 0 spiro atoms. The van der Waals surface area contributed by atoms with Gasteiger partial charge in [-0.25, -0.2) is 0 Å². The number of nitrogens with two attached hydrogens (primary N) is 1. The Labute approximate surface area is 204 Å². The molecule has 2 heterocycles. The molecular weight excluding hydrogens is 455 g/mol. The molecule has 0 aromatic heterocycles. The lowest BCUT2D eigenvalue weighted by Gasteiger charge is -2.28. The zero-order valence-electron chi connectivity index (χ0n) is 20.3. The quantitative estimate of drug-likeness (QED) is 0.524. The first kappa shape index (κ1) is 25.4. The molecule has 5 nitrogen and oxygen atoms in total. The topological polar surface area (TPSA) is 67.9 Å². The molecule has 0 bridgehead atoms. The summed E-state index contributed by atoms with van der Waals surface area (Å²) in [6.45, 7) is 5.61. The van der Waals surface area contributed by atoms with Gasteiger partial charge in [0.15, 0.2) is 0 Å². The van der Waals surface area contributed by atoms with E-state index in [0.717, 1.165) is 30.3 Å². The summed E-state index contributed by atoms with van der Waals surface area (Å²) in [5, 5.41) is 0. The second kappa shape index (κ2) is 10.1. The van der Waals surface area contributed by atoms with Crippen molar-refractivity contribution in [3.8, 4) is 0 Å². The Morgan fingerprint density at radius 2 is 1.97 bits per heavy atom. The lowest BCUT2D eigenvalue weighted by atomic mass is 9.78. The van der Waals surface area contributed by atoms with E-state index >= 15 is 0 Å². The fourth-order valence-electron chi connectivity index (χ4n) is 5.54. The number of amides is 1. The first-order valence-corrected chi connectivity index (χ1v) is 12.1. The van der Waals surface area contributed by atoms with E-state index in [4.69, 9.17) is 15.5 Å². The number of anilines is 1. The van der Waals surface area contributed by atoms with Gasteiger partial charge in [-0.15, -0.1) is 0 Å². The van der Waals surface area contributed by atoms with Gasteiger partial charge in [0.1, 0.15) is 0 Å². The van der Waals surface area contributed by atoms with E-state index in [1.807, 2.05) is 18.2 Å². The van der Waals surface area contributed by atoms with Crippen LogP contribution in [-0.2, 0) is 17.5 Å². The fraction of sp³-hybridized carbons (Fsp3) is 0.481. The van der Waals surface area contributed by atoms with E-state index < -0.39 is 17.6 Å². The lowest BCUT2D eigenvalue weighted by Crippen LogP contribution is -2.32. The predicted octanol–water partition coefficient (Wildman–Crippen LogP) is 5.64. The minimum absolute atomic E-state index is 0.0169. The van der Waals surface area contributed by atoms with Crippen molar-refractivity contribution in [2.75, 3.05) is 25.1 Å². The molecule has 0 radical (unpaired) electrons. The maximum Gasteiger partial charge on any atom is 0.416 e. The summed E-state index contributed by atoms with van der Waals surface area (Å²) in [6.07, 6.45) is -3.21. The summed E-state index contributed by atoms with van der Waals surface area (Å²) in [5.41, 5.74) is 7.90. The van der Waals surface area contributed by atoms with Gasteiger partial charge in [-0.2, -0.15) is 13.2 Å². The van der Waals surface area contributed by atoms with Gasteiger partial charge in [0.25, 0.3) is 5.91 Å². The minimum Gasteiger partial charge on any atom is -0.376 e. The van der Waals surface area contributed by atoms with Gasteiger partial charge < -0.3 is 15.4 Å². The first-order valence-electron chi connectivity index (χ1n) is 12.1. The third-order valence-electron chi connectivity index (χ3n) is 7.42. The van der Waals surface area contributed by atoms with E-state index in [9.17, 15) is 18.0 Å². The maximum atomic E-state index is 13.5. The van der Waals surface area contributed by atoms with Crippen LogP contribution in [0.4, 0.5) is 18.9 Å². The largest absolute Gasteiger partial charge is 0.416 e. The Morgan fingerprint density at radius 3 is 2.63 bits per heavy atom. The van der Waals surface area contributed by atoms with Gasteiger partial charge in [0.05, 0.1) is 18.2 Å². The molecule has 0 aliphatic carbocycles. The molecule has 188 valence electrons. The van der Waals surface area contributed by atoms with Crippen LogP contribution in [0, 0.1) is 17.8 Å². The second-order valence-electron chi connectivity index (χ2n) is 9.48. The number of aliphatic imine (C=N–C) groups is 1. The van der Waals surface area contributed by atoms with E-state index in [0.29, 0.717) is 36.4 Å². The van der Waals surface area contributed by atoms with E-state index in [1.165, 1.54) is 17.0 Å². The monoisotopic (exact) mass is 487 g/mol. The van der Waals surface area contributed by atoms with E-state index in [2.05, 4.69) is 13.8 Å². The molecule has 2 aliphatic rings. The van der Waals surface area contributed by atoms with Crippen LogP contribution in [0.5, 0.6) is 0 Å². The average Bonchev–Trinajstić information content (AvgIpc) is 3.37. The number of hydrogen-bond acceptors (Lipinski definition) is 4. The van der Waals surface area contributed by atoms with Crippen molar-refractivity contribution >= 4 is 17.3 Å². The van der Waals surface area contributed by atoms with E-state index in [1.54, 1.807) is 13.2 Å². The molecule has 1 amide bonds. The number of carbonyl (C=O) groups is 1. The average molecular weight is 488 g/mol. The highest BCUT2D eigenvalue weighted by molar-refractivity contribution is 6.10. The highest BCUT2D eigenvalue weighted by atomic mass is 19.4. The van der Waals surface area contributed by atoms with Crippen molar-refractivity contribution in [2.24, 2.45) is 28.5 Å². The van der Waals surface area contributed by atoms with Crippen molar-refractivity contribution in [3.05, 3.63) is 64.7 Å². The number of benzene rings is 2. The molecule has 2 aliphatic heterocycles. The van der Waals surface area contributed by atoms with Crippen LogP contribution >= 0.6 is 0 Å². The number of nitrogens with zero attached hydrogens (tertiary/aromatic N) is 2. The highest BCUT2D eigenvalue weighted by Crippen LogP contribution is 2.40. The van der Waals surface area contributed by atoms with Crippen LogP contribution in [0.25, 0.3) is 0 Å². The van der Waals surface area contributed by atoms with Gasteiger partial charge >= 0.3 is 6.18 Å². The zero-order chi connectivity index (χ0) is 25.3. The Kier molecular flexibility index (Phi) is 7.33. The molecule has 0 saturated heterocycles. The molecule has 0 saturated carbocycles. The lowest BCUT2D eigenvalue weighted by molar-refractivity contribution is -0.138. The summed E-state index contributed by atoms with van der Waals surface area (Å²) < 4.78 is 46.4. The number of methoxy groups -OCH3 is 1. The number of alkyl halides is 3. The molecular formula is C27H32F3N3O2. The number of ether oxygens (including phenoxy) is 1. The maximum absolute atomic E-state index is 13.5. The van der Waals surface area contributed by atoms with Crippen molar-refractivity contribution < 1.29 is 22.7 Å². The summed E-state index contributed by atoms with van der Waals surface area (Å²) in [6, 6.07) is 11.1. The minimum atomic E-state index is -4.51. The van der Waals surface area contributed by atoms with Crippen molar-refractivity contribution in [1.29, 1.82) is 0 Å². The van der Waals surface area contributed by atoms with Crippen molar-refractivity contribution in [2.45, 2.75) is 45.5 Å². The van der Waals surface area contributed by atoms with Crippen molar-refractivity contribution in [1.82, 2.24) is 0 Å². The second-order valence-corrected chi connectivity index (χ2v) is 9.48. The Bertz CT molecular complexity index is 1110. The third-order valence-corrected chi connectivity index (χ3v) is 7.42. The molecule has 2 N–H and O–H groups in total. The summed E-state index contributed by atoms with van der Waals surface area (Å²) in [5.74, 6) is 0.658. The zero-order valence-corrected chi connectivity index (χ0v) is 20.3. The Hall–Kier alpha value is -2.71. The molecule has 4 rings (SSSR count). The molecule has 8 heteroatoms. The van der Waals surface area contributed by atoms with Crippen LogP contribution in [0.1, 0.15) is 59.8 Å². The smallest absolute Gasteiger partial charge is 0.376 e.